The molecule has 0 spiro atoms. The molecule has 3 heteroatoms. The zero-order valence-corrected chi connectivity index (χ0v) is 17.5. The molecule has 0 radical (unpaired) electrons. The van der Waals surface area contributed by atoms with Crippen molar-refractivity contribution >= 4 is 0 Å². The second-order valence-corrected chi connectivity index (χ2v) is 7.97. The van der Waals surface area contributed by atoms with E-state index in [2.05, 4.69) is 13.8 Å². The lowest BCUT2D eigenvalue weighted by Gasteiger charge is -2.22. The van der Waals surface area contributed by atoms with Crippen LogP contribution in [0.15, 0.2) is 30.3 Å². The van der Waals surface area contributed by atoms with E-state index in [1.54, 1.807) is 19.9 Å². The van der Waals surface area contributed by atoms with Crippen LogP contribution in [0.5, 0.6) is 0 Å². The summed E-state index contributed by atoms with van der Waals surface area (Å²) in [7, 11) is 0. The van der Waals surface area contributed by atoms with Gasteiger partial charge in [0.15, 0.2) is 0 Å². The van der Waals surface area contributed by atoms with Gasteiger partial charge in [-0.2, -0.15) is 0 Å². The van der Waals surface area contributed by atoms with Gasteiger partial charge in [0, 0.05) is 5.56 Å². The Kier molecular flexibility index (Phi) is 9.62. The molecule has 0 amide bonds. The van der Waals surface area contributed by atoms with Crippen LogP contribution in [0, 0.1) is 57.0 Å². The topological polar surface area (TPSA) is 0 Å². The average molecular weight is 379 g/mol. The third-order valence-electron chi connectivity index (χ3n) is 5.06. The lowest BCUT2D eigenvalue weighted by atomic mass is 9.84. The van der Waals surface area contributed by atoms with Gasteiger partial charge in [-0.3, -0.25) is 0 Å². The minimum Gasteiger partial charge on any atom is -0.207 e. The van der Waals surface area contributed by atoms with Crippen molar-refractivity contribution in [3.05, 3.63) is 70.0 Å². The molecule has 1 aliphatic rings. The van der Waals surface area contributed by atoms with Crippen LogP contribution in [0.25, 0.3) is 0 Å². The first-order valence-electron chi connectivity index (χ1n) is 9.75. The maximum absolute atomic E-state index is 12.6. The van der Waals surface area contributed by atoms with Gasteiger partial charge in [-0.15, -0.1) is 0 Å². The Morgan fingerprint density at radius 3 is 1.41 bits per heavy atom. The third-order valence-corrected chi connectivity index (χ3v) is 5.06. The Morgan fingerprint density at radius 2 is 1.04 bits per heavy atom. The van der Waals surface area contributed by atoms with Crippen LogP contribution in [0.4, 0.5) is 13.2 Å². The minimum atomic E-state index is -0.475. The van der Waals surface area contributed by atoms with Gasteiger partial charge in [0.25, 0.3) is 0 Å². The van der Waals surface area contributed by atoms with Crippen molar-refractivity contribution in [3.63, 3.8) is 0 Å². The molecule has 0 atom stereocenters. The molecule has 1 aliphatic carbocycles. The molecular weight excluding hydrogens is 345 g/mol. The summed E-state index contributed by atoms with van der Waals surface area (Å²) in [6.07, 6.45) is 5.89. The first kappa shape index (κ1) is 23.3. The predicted molar refractivity (Wildman–Crippen MR) is 109 cm³/mol. The number of halogens is 3. The summed E-state index contributed by atoms with van der Waals surface area (Å²) in [6.45, 7) is 11.4. The minimum absolute atomic E-state index is 0.0885. The highest BCUT2D eigenvalue weighted by molar-refractivity contribution is 5.24. The van der Waals surface area contributed by atoms with E-state index in [4.69, 9.17) is 0 Å². The molecule has 3 rings (SSSR count). The molecular formula is C24H33F3. The van der Waals surface area contributed by atoms with Gasteiger partial charge >= 0.3 is 0 Å². The fraction of sp³-hybridized carbons (Fsp3) is 0.500. The van der Waals surface area contributed by atoms with Crippen molar-refractivity contribution in [2.24, 2.45) is 11.8 Å². The highest BCUT2D eigenvalue weighted by atomic mass is 19.1. The van der Waals surface area contributed by atoms with Crippen LogP contribution in [0.2, 0.25) is 0 Å². The Bertz CT molecular complexity index is 681. The van der Waals surface area contributed by atoms with Crippen LogP contribution < -0.4 is 0 Å². The standard InChI is InChI=1S/C8H8F2.C8H9F.C8H16/c1-5-3-7(9)6(2)8(10)4-5;1-6-3-4-7(2)8(9)5-6;1-7-3-5-8(2)6-4-7/h3-4H,1-2H3;3-5H,1-2H3;7-8H,3-6H2,1-2H3. The molecule has 0 bridgehead atoms. The van der Waals surface area contributed by atoms with E-state index in [1.807, 2.05) is 13.0 Å². The van der Waals surface area contributed by atoms with Crippen molar-refractivity contribution < 1.29 is 13.2 Å². The van der Waals surface area contributed by atoms with Gasteiger partial charge in [0.2, 0.25) is 0 Å². The maximum Gasteiger partial charge on any atom is 0.129 e. The number of aryl methyl sites for hydroxylation is 3. The first-order chi connectivity index (χ1) is 12.6. The summed E-state index contributed by atoms with van der Waals surface area (Å²) in [5.41, 5.74) is 2.38. The predicted octanol–water partition coefficient (Wildman–Crippen LogP) is 7.86. The van der Waals surface area contributed by atoms with Gasteiger partial charge in [0.1, 0.15) is 17.5 Å². The summed E-state index contributed by atoms with van der Waals surface area (Å²) >= 11 is 0. The Balaban J connectivity index is 0.000000204. The molecule has 0 saturated heterocycles. The highest BCUT2D eigenvalue weighted by Gasteiger charge is 2.13. The summed E-state index contributed by atoms with van der Waals surface area (Å²) in [6, 6.07) is 7.86. The number of hydrogen-bond donors (Lipinski definition) is 0. The number of hydrogen-bond acceptors (Lipinski definition) is 0. The van der Waals surface area contributed by atoms with E-state index in [9.17, 15) is 13.2 Å². The highest BCUT2D eigenvalue weighted by Crippen LogP contribution is 2.27. The summed E-state index contributed by atoms with van der Waals surface area (Å²) in [5, 5.41) is 0. The number of rotatable bonds is 0. The lowest BCUT2D eigenvalue weighted by molar-refractivity contribution is 0.308. The summed E-state index contributed by atoms with van der Waals surface area (Å²) in [4.78, 5) is 0. The smallest absolute Gasteiger partial charge is 0.129 e. The van der Waals surface area contributed by atoms with Crippen LogP contribution in [0.1, 0.15) is 61.8 Å². The van der Waals surface area contributed by atoms with Crippen LogP contribution >= 0.6 is 0 Å². The van der Waals surface area contributed by atoms with E-state index in [-0.39, 0.29) is 11.4 Å². The molecule has 150 valence electrons. The molecule has 27 heavy (non-hydrogen) atoms. The Morgan fingerprint density at radius 1 is 0.630 bits per heavy atom. The van der Waals surface area contributed by atoms with E-state index >= 15 is 0 Å². The SMILES string of the molecule is CC1CCC(C)CC1.Cc1cc(F)c(C)c(F)c1.Cc1ccc(C)c(F)c1. The van der Waals surface area contributed by atoms with E-state index < -0.39 is 11.6 Å². The summed E-state index contributed by atoms with van der Waals surface area (Å²) < 4.78 is 37.8. The molecule has 0 heterocycles. The second-order valence-electron chi connectivity index (χ2n) is 7.97. The third kappa shape index (κ3) is 8.64. The molecule has 0 nitrogen and oxygen atoms in total. The summed E-state index contributed by atoms with van der Waals surface area (Å²) in [5.74, 6) is 0.974. The molecule has 0 N–H and O–H groups in total. The van der Waals surface area contributed by atoms with Crippen molar-refractivity contribution in [3.8, 4) is 0 Å². The van der Waals surface area contributed by atoms with E-state index in [0.29, 0.717) is 11.1 Å². The molecule has 1 fully saturated rings. The van der Waals surface area contributed by atoms with E-state index in [0.717, 1.165) is 17.4 Å². The van der Waals surface area contributed by atoms with Crippen molar-refractivity contribution in [1.82, 2.24) is 0 Å². The maximum atomic E-state index is 12.6. The largest absolute Gasteiger partial charge is 0.207 e. The van der Waals surface area contributed by atoms with Gasteiger partial charge in [-0.05, 0) is 74.4 Å². The normalized spacial score (nSPS) is 18.7. The first-order valence-corrected chi connectivity index (χ1v) is 9.75. The van der Waals surface area contributed by atoms with Gasteiger partial charge in [0.05, 0.1) is 0 Å². The molecule has 2 aromatic carbocycles. The zero-order valence-electron chi connectivity index (χ0n) is 17.5. The van der Waals surface area contributed by atoms with Crippen molar-refractivity contribution in [1.29, 1.82) is 0 Å². The quantitative estimate of drug-likeness (QED) is 0.438. The monoisotopic (exact) mass is 378 g/mol. The Labute approximate surface area is 162 Å². The van der Waals surface area contributed by atoms with Gasteiger partial charge < -0.3 is 0 Å². The fourth-order valence-corrected chi connectivity index (χ4v) is 2.90. The molecule has 0 unspecified atom stereocenters. The van der Waals surface area contributed by atoms with Gasteiger partial charge in [-0.25, -0.2) is 13.2 Å². The lowest BCUT2D eigenvalue weighted by Crippen LogP contribution is -2.08. The Hall–Kier alpha value is -1.77. The van der Waals surface area contributed by atoms with Gasteiger partial charge in [-0.1, -0.05) is 51.7 Å². The van der Waals surface area contributed by atoms with Crippen molar-refractivity contribution in [2.75, 3.05) is 0 Å². The fourth-order valence-electron chi connectivity index (χ4n) is 2.90. The second kappa shape index (κ2) is 11.2. The van der Waals surface area contributed by atoms with Crippen LogP contribution in [0.3, 0.4) is 0 Å². The molecule has 0 aromatic heterocycles. The van der Waals surface area contributed by atoms with E-state index in [1.165, 1.54) is 50.8 Å². The molecule has 2 aromatic rings. The molecule has 0 aliphatic heterocycles. The van der Waals surface area contributed by atoms with Crippen LogP contribution in [-0.4, -0.2) is 0 Å². The van der Waals surface area contributed by atoms with Crippen LogP contribution in [-0.2, 0) is 0 Å². The average Bonchev–Trinajstić information content (AvgIpc) is 2.60. The number of benzene rings is 2. The molecule has 1 saturated carbocycles. The van der Waals surface area contributed by atoms with Crippen molar-refractivity contribution in [2.45, 2.75) is 67.2 Å². The zero-order chi connectivity index (χ0) is 20.6.